The van der Waals surface area contributed by atoms with E-state index in [1.807, 2.05) is 30.3 Å². The highest BCUT2D eigenvalue weighted by Crippen LogP contribution is 2.68. The van der Waals surface area contributed by atoms with Crippen molar-refractivity contribution in [3.05, 3.63) is 95.1 Å². The van der Waals surface area contributed by atoms with E-state index in [0.29, 0.717) is 11.3 Å². The molecule has 2 aliphatic rings. The quantitative estimate of drug-likeness (QED) is 0.568. The van der Waals surface area contributed by atoms with Crippen molar-refractivity contribution in [1.29, 1.82) is 0 Å². The van der Waals surface area contributed by atoms with Gasteiger partial charge in [0.05, 0.1) is 19.6 Å². The molecule has 0 unspecified atom stereocenters. The third-order valence-corrected chi connectivity index (χ3v) is 7.13. The molecule has 0 radical (unpaired) electrons. The molecule has 1 fully saturated rings. The third-order valence-electron chi connectivity index (χ3n) is 7.13. The first-order valence-electron chi connectivity index (χ1n) is 11.2. The predicted molar refractivity (Wildman–Crippen MR) is 127 cm³/mol. The number of carbonyl (C=O) groups is 1. The van der Waals surface area contributed by atoms with E-state index in [9.17, 15) is 15.0 Å². The lowest BCUT2D eigenvalue weighted by Crippen LogP contribution is -2.52. The van der Waals surface area contributed by atoms with Crippen LogP contribution in [0.2, 0.25) is 0 Å². The molecular weight excluding hydrogens is 446 g/mol. The summed E-state index contributed by atoms with van der Waals surface area (Å²) < 4.78 is 11.9. The number of hydrogen-bond donors (Lipinski definition) is 2. The summed E-state index contributed by atoms with van der Waals surface area (Å²) in [5.41, 5.74) is -2.07. The number of fused-ring (bicyclic) bond motifs is 3. The number of ether oxygens (including phenoxy) is 2. The third kappa shape index (κ3) is 2.99. The zero-order valence-electron chi connectivity index (χ0n) is 19.5. The van der Waals surface area contributed by atoms with Gasteiger partial charge in [-0.1, -0.05) is 42.5 Å². The molecule has 8 heteroatoms. The molecule has 8 nitrogen and oxygen atoms in total. The fourth-order valence-corrected chi connectivity index (χ4v) is 5.62. The van der Waals surface area contributed by atoms with Crippen LogP contribution in [0.25, 0.3) is 4.85 Å². The molecule has 1 aliphatic heterocycles. The Balaban J connectivity index is 1.85. The van der Waals surface area contributed by atoms with Gasteiger partial charge in [0.2, 0.25) is 11.6 Å². The fraction of sp³-hybridized carbons (Fsp3) is 0.296. The highest BCUT2D eigenvalue weighted by Gasteiger charge is 2.78. The van der Waals surface area contributed by atoms with Crippen molar-refractivity contribution in [3.8, 4) is 11.5 Å². The molecule has 2 aromatic carbocycles. The lowest BCUT2D eigenvalue weighted by molar-refractivity contribution is -0.157. The average Bonchev–Trinajstić information content (AvgIpc) is 3.26. The van der Waals surface area contributed by atoms with E-state index in [1.165, 1.54) is 17.2 Å². The van der Waals surface area contributed by atoms with Gasteiger partial charge < -0.3 is 24.6 Å². The van der Waals surface area contributed by atoms with E-state index >= 15 is 0 Å². The van der Waals surface area contributed by atoms with Crippen molar-refractivity contribution in [2.45, 2.75) is 23.2 Å². The Kier molecular flexibility index (Phi) is 5.28. The van der Waals surface area contributed by atoms with Gasteiger partial charge in [-0.05, 0) is 29.3 Å². The number of nitrogens with zero attached hydrogens (tertiary/aromatic N) is 3. The van der Waals surface area contributed by atoms with Crippen LogP contribution in [0.5, 0.6) is 11.5 Å². The molecular formula is C27H25N3O5. The number of aliphatic hydroxyl groups is 2. The van der Waals surface area contributed by atoms with Crippen molar-refractivity contribution in [1.82, 2.24) is 9.88 Å². The first-order valence-corrected chi connectivity index (χ1v) is 11.2. The highest BCUT2D eigenvalue weighted by atomic mass is 16.5. The number of aliphatic hydroxyl groups excluding tert-OH is 1. The summed E-state index contributed by atoms with van der Waals surface area (Å²) in [5.74, 6) is -1.35. The van der Waals surface area contributed by atoms with Crippen molar-refractivity contribution in [2.75, 3.05) is 21.2 Å². The second-order valence-electron chi connectivity index (χ2n) is 9.08. The summed E-state index contributed by atoms with van der Waals surface area (Å²) >= 11 is 0. The van der Waals surface area contributed by atoms with Crippen LogP contribution in [-0.2, 0) is 16.0 Å². The lowest BCUT2D eigenvalue weighted by Gasteiger charge is -2.40. The molecule has 178 valence electrons. The van der Waals surface area contributed by atoms with E-state index in [0.717, 1.165) is 5.56 Å². The molecule has 0 spiro atoms. The Morgan fingerprint density at radius 3 is 2.46 bits per heavy atom. The topological polar surface area (TPSA) is 96.5 Å². The normalized spacial score (nSPS) is 28.4. The Hall–Kier alpha value is -3.93. The van der Waals surface area contributed by atoms with Crippen LogP contribution in [0, 0.1) is 12.5 Å². The molecule has 1 aliphatic carbocycles. The zero-order chi connectivity index (χ0) is 25.0. The van der Waals surface area contributed by atoms with Gasteiger partial charge >= 0.3 is 0 Å². The maximum absolute atomic E-state index is 13.5. The Morgan fingerprint density at radius 2 is 1.86 bits per heavy atom. The van der Waals surface area contributed by atoms with Gasteiger partial charge in [-0.15, -0.1) is 0 Å². The number of aromatic nitrogens is 1. The van der Waals surface area contributed by atoms with Crippen LogP contribution in [0.15, 0.2) is 66.9 Å². The Morgan fingerprint density at radius 1 is 1.17 bits per heavy atom. The van der Waals surface area contributed by atoms with Crippen LogP contribution < -0.4 is 9.47 Å². The maximum Gasteiger partial charge on any atom is 0.228 e. The Bertz CT molecular complexity index is 1320. The molecule has 2 heterocycles. The monoisotopic (exact) mass is 471 g/mol. The van der Waals surface area contributed by atoms with Gasteiger partial charge in [0, 0.05) is 26.2 Å². The summed E-state index contributed by atoms with van der Waals surface area (Å²) in [6.45, 7) is 7.37. The van der Waals surface area contributed by atoms with Gasteiger partial charge in [-0.25, -0.2) is 4.85 Å². The number of hydrogen-bond acceptors (Lipinski definition) is 6. The number of rotatable bonds is 4. The maximum atomic E-state index is 13.5. The largest absolute Gasteiger partial charge is 0.497 e. The second-order valence-corrected chi connectivity index (χ2v) is 9.08. The highest BCUT2D eigenvalue weighted by molar-refractivity contribution is 5.82. The number of amides is 1. The standard InChI is InChI=1S/C27H25N3O5/c1-28-18-14-20-23(29-15-18)26(33)24(31)21(25(32)30(2)3)22(16-8-6-5-7-9-16)27(26,35-20)17-10-12-19(34-4)13-11-17/h5-15,21-22,24,31,33H,2-4H3/t21-,22-,24-,26+,27+/m1/s1. The molecule has 3 aromatic rings. The van der Waals surface area contributed by atoms with Crippen molar-refractivity contribution >= 4 is 11.6 Å². The summed E-state index contributed by atoms with van der Waals surface area (Å²) in [6, 6.07) is 17.8. The molecule has 1 saturated carbocycles. The molecule has 35 heavy (non-hydrogen) atoms. The van der Waals surface area contributed by atoms with E-state index in [-0.39, 0.29) is 23.0 Å². The van der Waals surface area contributed by atoms with Gasteiger partial charge in [0.15, 0.2) is 11.2 Å². The van der Waals surface area contributed by atoms with Gasteiger partial charge in [0.1, 0.15) is 23.3 Å². The van der Waals surface area contributed by atoms with E-state index in [1.54, 1.807) is 45.5 Å². The smallest absolute Gasteiger partial charge is 0.228 e. The molecule has 0 saturated heterocycles. The minimum Gasteiger partial charge on any atom is -0.497 e. The van der Waals surface area contributed by atoms with Crippen LogP contribution >= 0.6 is 0 Å². The minimum absolute atomic E-state index is 0.100. The van der Waals surface area contributed by atoms with Crippen LogP contribution in [0.4, 0.5) is 5.69 Å². The number of pyridine rings is 1. The fourth-order valence-electron chi connectivity index (χ4n) is 5.62. The zero-order valence-corrected chi connectivity index (χ0v) is 19.5. The molecule has 1 aromatic heterocycles. The first kappa shape index (κ1) is 22.8. The molecule has 1 amide bonds. The number of methoxy groups -OCH3 is 1. The van der Waals surface area contributed by atoms with Gasteiger partial charge in [-0.3, -0.25) is 9.78 Å². The summed E-state index contributed by atoms with van der Waals surface area (Å²) in [5, 5.41) is 24.2. The predicted octanol–water partition coefficient (Wildman–Crippen LogP) is 2.98. The Labute approximate surface area is 203 Å². The van der Waals surface area contributed by atoms with Crippen LogP contribution in [-0.4, -0.2) is 53.3 Å². The summed E-state index contributed by atoms with van der Waals surface area (Å²) in [4.78, 5) is 22.7. The molecule has 0 bridgehead atoms. The van der Waals surface area contributed by atoms with Crippen molar-refractivity contribution in [3.63, 3.8) is 0 Å². The number of carbonyl (C=O) groups excluding carboxylic acids is 1. The van der Waals surface area contributed by atoms with Crippen molar-refractivity contribution < 1.29 is 24.5 Å². The molecule has 2 N–H and O–H groups in total. The minimum atomic E-state index is -2.08. The molecule has 5 atom stereocenters. The SMILES string of the molecule is [C-]#[N+]c1cnc2c(c1)O[C@@]1(c3ccc(OC)cc3)[C@H](c3ccccc3)[C@@H](C(=O)N(C)C)[C@@H](O)[C@@]21O. The van der Waals surface area contributed by atoms with Crippen LogP contribution in [0.3, 0.4) is 0 Å². The van der Waals surface area contributed by atoms with Crippen molar-refractivity contribution in [2.24, 2.45) is 5.92 Å². The summed E-state index contributed by atoms with van der Waals surface area (Å²) in [7, 11) is 4.79. The summed E-state index contributed by atoms with van der Waals surface area (Å²) in [6.07, 6.45) is -0.208. The average molecular weight is 472 g/mol. The van der Waals surface area contributed by atoms with Gasteiger partial charge in [-0.2, -0.15) is 0 Å². The van der Waals surface area contributed by atoms with E-state index in [2.05, 4.69) is 9.83 Å². The first-order chi connectivity index (χ1) is 16.8. The molecule has 5 rings (SSSR count). The number of benzene rings is 2. The van der Waals surface area contributed by atoms with E-state index in [4.69, 9.17) is 16.0 Å². The lowest BCUT2D eigenvalue weighted by atomic mass is 9.71. The van der Waals surface area contributed by atoms with Crippen LogP contribution in [0.1, 0.15) is 22.7 Å². The second kappa shape index (κ2) is 8.08. The van der Waals surface area contributed by atoms with E-state index < -0.39 is 29.1 Å². The van der Waals surface area contributed by atoms with Gasteiger partial charge in [0.25, 0.3) is 0 Å².